The third-order valence-corrected chi connectivity index (χ3v) is 4.00. The lowest BCUT2D eigenvalue weighted by Gasteiger charge is -2.30. The molecule has 4 nitrogen and oxygen atoms in total. The fraction of sp³-hybridized carbons (Fsp3) is 0.818. The third-order valence-electron chi connectivity index (χ3n) is 4.00. The number of hydrogen-bond acceptors (Lipinski definition) is 4. The van der Waals surface area contributed by atoms with E-state index in [-0.39, 0.29) is 11.5 Å². The molecular formula is C11H14N2O2. The zero-order valence-corrected chi connectivity index (χ0v) is 8.61. The van der Waals surface area contributed by atoms with Gasteiger partial charge in [-0.25, -0.2) is 19.6 Å². The minimum absolute atomic E-state index is 0.121. The van der Waals surface area contributed by atoms with Crippen LogP contribution in [0, 0.1) is 11.3 Å². The summed E-state index contributed by atoms with van der Waals surface area (Å²) in [6.45, 7) is 0.515. The van der Waals surface area contributed by atoms with Gasteiger partial charge in [0.25, 0.3) is 0 Å². The molecule has 0 radical (unpaired) electrons. The molecule has 0 aromatic rings. The molecule has 0 amide bonds. The fourth-order valence-corrected chi connectivity index (χ4v) is 3.31. The van der Waals surface area contributed by atoms with Gasteiger partial charge in [-0.2, -0.15) is 0 Å². The second kappa shape index (κ2) is 4.09. The van der Waals surface area contributed by atoms with Gasteiger partial charge >= 0.3 is 0 Å². The van der Waals surface area contributed by atoms with Crippen molar-refractivity contribution in [1.82, 2.24) is 0 Å². The van der Waals surface area contributed by atoms with Crippen molar-refractivity contribution in [3.05, 3.63) is 0 Å². The molecule has 0 aliphatic heterocycles. The molecule has 0 heterocycles. The molecule has 2 fully saturated rings. The zero-order valence-electron chi connectivity index (χ0n) is 8.61. The molecule has 0 aromatic heterocycles. The van der Waals surface area contributed by atoms with Crippen molar-refractivity contribution in [1.29, 1.82) is 0 Å². The maximum absolute atomic E-state index is 10.3. The first kappa shape index (κ1) is 10.3. The molecule has 3 unspecified atom stereocenters. The van der Waals surface area contributed by atoms with Crippen LogP contribution in [-0.4, -0.2) is 24.7 Å². The lowest BCUT2D eigenvalue weighted by Crippen LogP contribution is -2.29. The van der Waals surface area contributed by atoms with Crippen molar-refractivity contribution in [2.75, 3.05) is 6.54 Å². The number of isocyanates is 2. The van der Waals surface area contributed by atoms with E-state index in [1.807, 2.05) is 0 Å². The average Bonchev–Trinajstić information content (AvgIpc) is 2.76. The number of rotatable bonds is 4. The monoisotopic (exact) mass is 206 g/mol. The van der Waals surface area contributed by atoms with E-state index in [1.54, 1.807) is 12.2 Å². The van der Waals surface area contributed by atoms with Gasteiger partial charge in [-0.15, -0.1) is 0 Å². The van der Waals surface area contributed by atoms with E-state index in [0.717, 1.165) is 25.7 Å². The summed E-state index contributed by atoms with van der Waals surface area (Å²) in [5.41, 5.74) is 0.127. The summed E-state index contributed by atoms with van der Waals surface area (Å²) in [4.78, 5) is 27.9. The van der Waals surface area contributed by atoms with Crippen LogP contribution in [0.15, 0.2) is 9.98 Å². The summed E-state index contributed by atoms with van der Waals surface area (Å²) in [6.07, 6.45) is 8.59. The van der Waals surface area contributed by atoms with Crippen molar-refractivity contribution in [3.63, 3.8) is 0 Å². The van der Waals surface area contributed by atoms with Crippen molar-refractivity contribution in [2.24, 2.45) is 21.3 Å². The van der Waals surface area contributed by atoms with E-state index in [1.165, 1.54) is 6.42 Å². The molecule has 2 bridgehead atoms. The topological polar surface area (TPSA) is 58.9 Å². The Balaban J connectivity index is 2.08. The molecule has 0 N–H and O–H groups in total. The number of nitrogens with zero attached hydrogens (tertiary/aromatic N) is 2. The number of hydrogen-bond donors (Lipinski definition) is 0. The first-order valence-electron chi connectivity index (χ1n) is 5.41. The van der Waals surface area contributed by atoms with Crippen molar-refractivity contribution < 1.29 is 9.59 Å². The van der Waals surface area contributed by atoms with Crippen LogP contribution >= 0.6 is 0 Å². The van der Waals surface area contributed by atoms with E-state index in [9.17, 15) is 9.59 Å². The standard InChI is InChI=1S/C11H14N2O2/c14-7-12-4-3-11-2-1-9(6-11)5-10(11)13-8-15/h9-10H,1-6H2. The second-order valence-corrected chi connectivity index (χ2v) is 4.67. The van der Waals surface area contributed by atoms with Crippen LogP contribution in [0.4, 0.5) is 0 Å². The summed E-state index contributed by atoms with van der Waals surface area (Å²) in [5.74, 6) is 0.715. The normalized spacial score (nSPS) is 37.1. The highest BCUT2D eigenvalue weighted by molar-refractivity contribution is 5.35. The van der Waals surface area contributed by atoms with E-state index in [2.05, 4.69) is 9.98 Å². The molecular weight excluding hydrogens is 192 g/mol. The van der Waals surface area contributed by atoms with Crippen LogP contribution in [-0.2, 0) is 9.59 Å². The van der Waals surface area contributed by atoms with Gasteiger partial charge in [-0.3, -0.25) is 0 Å². The highest BCUT2D eigenvalue weighted by atomic mass is 16.1. The molecule has 2 saturated carbocycles. The van der Waals surface area contributed by atoms with Crippen molar-refractivity contribution in [3.8, 4) is 0 Å². The Morgan fingerprint density at radius 1 is 1.33 bits per heavy atom. The fourth-order valence-electron chi connectivity index (χ4n) is 3.31. The molecule has 15 heavy (non-hydrogen) atoms. The van der Waals surface area contributed by atoms with E-state index < -0.39 is 0 Å². The maximum atomic E-state index is 10.3. The number of carbonyl (C=O) groups excluding carboxylic acids is 2. The van der Waals surface area contributed by atoms with Gasteiger partial charge in [0, 0.05) is 0 Å². The largest absolute Gasteiger partial charge is 0.235 e. The van der Waals surface area contributed by atoms with Crippen LogP contribution in [0.25, 0.3) is 0 Å². The lowest BCUT2D eigenvalue weighted by atomic mass is 9.77. The highest BCUT2D eigenvalue weighted by Gasteiger charge is 2.51. The van der Waals surface area contributed by atoms with Gasteiger partial charge in [0.15, 0.2) is 0 Å². The Bertz CT molecular complexity index is 342. The average molecular weight is 206 g/mol. The summed E-state index contributed by atoms with van der Waals surface area (Å²) in [7, 11) is 0. The molecule has 0 saturated heterocycles. The SMILES string of the molecule is O=C=NCCC12CCC(CC1N=C=O)C2. The van der Waals surface area contributed by atoms with E-state index in [0.29, 0.717) is 12.5 Å². The van der Waals surface area contributed by atoms with E-state index >= 15 is 0 Å². The molecule has 2 aliphatic rings. The zero-order chi connectivity index (χ0) is 10.7. The third kappa shape index (κ3) is 1.79. The van der Waals surface area contributed by atoms with Gasteiger partial charge < -0.3 is 0 Å². The Morgan fingerprint density at radius 3 is 2.87 bits per heavy atom. The molecule has 4 heteroatoms. The Morgan fingerprint density at radius 2 is 2.20 bits per heavy atom. The van der Waals surface area contributed by atoms with Crippen LogP contribution in [0.1, 0.15) is 32.1 Å². The highest BCUT2D eigenvalue weighted by Crippen LogP contribution is 2.57. The quantitative estimate of drug-likeness (QED) is 0.518. The summed E-state index contributed by atoms with van der Waals surface area (Å²) >= 11 is 0. The van der Waals surface area contributed by atoms with Gasteiger partial charge in [0.05, 0.1) is 12.6 Å². The lowest BCUT2D eigenvalue weighted by molar-refractivity contribution is 0.236. The molecule has 2 rings (SSSR count). The molecule has 0 spiro atoms. The summed E-state index contributed by atoms with van der Waals surface area (Å²) < 4.78 is 0. The molecule has 3 atom stereocenters. The number of fused-ring (bicyclic) bond motifs is 2. The molecule has 80 valence electrons. The molecule has 0 aromatic carbocycles. The van der Waals surface area contributed by atoms with Gasteiger partial charge in [0.1, 0.15) is 0 Å². The van der Waals surface area contributed by atoms with Crippen LogP contribution < -0.4 is 0 Å². The summed E-state index contributed by atoms with van der Waals surface area (Å²) in [6, 6.07) is 0.121. The van der Waals surface area contributed by atoms with Crippen LogP contribution in [0.3, 0.4) is 0 Å². The molecule has 2 aliphatic carbocycles. The van der Waals surface area contributed by atoms with Gasteiger partial charge in [-0.1, -0.05) is 0 Å². The minimum Gasteiger partial charge on any atom is -0.211 e. The Hall–Kier alpha value is -1.24. The van der Waals surface area contributed by atoms with E-state index in [4.69, 9.17) is 0 Å². The first-order chi connectivity index (χ1) is 7.30. The minimum atomic E-state index is 0.121. The van der Waals surface area contributed by atoms with Gasteiger partial charge in [-0.05, 0) is 43.4 Å². The number of aliphatic imine (C=N–C) groups is 2. The van der Waals surface area contributed by atoms with Crippen molar-refractivity contribution in [2.45, 2.75) is 38.1 Å². The Labute approximate surface area is 88.5 Å². The smallest absolute Gasteiger partial charge is 0.211 e. The maximum Gasteiger partial charge on any atom is 0.235 e. The predicted molar refractivity (Wildman–Crippen MR) is 53.9 cm³/mol. The van der Waals surface area contributed by atoms with Gasteiger partial charge in [0.2, 0.25) is 12.2 Å². The second-order valence-electron chi connectivity index (χ2n) is 4.67. The predicted octanol–water partition coefficient (Wildman–Crippen LogP) is 1.61. The Kier molecular flexibility index (Phi) is 2.81. The van der Waals surface area contributed by atoms with Crippen LogP contribution in [0.2, 0.25) is 0 Å². The van der Waals surface area contributed by atoms with Crippen molar-refractivity contribution >= 4 is 12.2 Å². The van der Waals surface area contributed by atoms with Crippen LogP contribution in [0.5, 0.6) is 0 Å². The summed E-state index contributed by atoms with van der Waals surface area (Å²) in [5, 5.41) is 0. The first-order valence-corrected chi connectivity index (χ1v) is 5.41.